The number of carbonyl (C=O) groups excluding carboxylic acids is 3. The molecule has 0 aromatic heterocycles. The molecule has 0 saturated heterocycles. The van der Waals surface area contributed by atoms with Crippen molar-refractivity contribution in [3.05, 3.63) is 11.6 Å². The van der Waals surface area contributed by atoms with Gasteiger partial charge >= 0.3 is 5.97 Å². The van der Waals surface area contributed by atoms with E-state index in [0.717, 1.165) is 51.4 Å². The van der Waals surface area contributed by atoms with Crippen LogP contribution in [0.4, 0.5) is 0 Å². The molecule has 5 aliphatic carbocycles. The molecule has 5 rings (SSSR count). The number of aliphatic carboxylic acids is 1. The van der Waals surface area contributed by atoms with Gasteiger partial charge in [0, 0.05) is 29.7 Å². The Labute approximate surface area is 338 Å². The van der Waals surface area contributed by atoms with Crippen molar-refractivity contribution in [3.8, 4) is 0 Å². The fraction of sp³-hybridized carbons (Fsp3) is 0.860. The number of allylic oxidation sites excluding steroid dienone is 2. The highest BCUT2D eigenvalue weighted by atomic mass is 17.2. The number of fused-ring (bicyclic) bond motifs is 7. The van der Waals surface area contributed by atoms with Crippen LogP contribution in [0.2, 0.25) is 0 Å². The summed E-state index contributed by atoms with van der Waals surface area (Å²) in [5.41, 5.74) is -0.171. The van der Waals surface area contributed by atoms with Crippen LogP contribution >= 0.6 is 0 Å². The molecule has 14 nitrogen and oxygen atoms in total. The van der Waals surface area contributed by atoms with E-state index in [-0.39, 0.29) is 110 Å². The Balaban J connectivity index is 0.997. The predicted molar refractivity (Wildman–Crippen MR) is 207 cm³/mol. The lowest BCUT2D eigenvalue weighted by molar-refractivity contribution is -0.360. The molecule has 0 aromatic carbocycles. The van der Waals surface area contributed by atoms with E-state index in [4.69, 9.17) is 43.9 Å². The molecule has 0 aromatic rings. The van der Waals surface area contributed by atoms with Gasteiger partial charge in [-0.3, -0.25) is 19.2 Å². The molecule has 324 valence electrons. The molecule has 0 radical (unpaired) electrons. The molecule has 1 amide bonds. The van der Waals surface area contributed by atoms with Gasteiger partial charge in [0.2, 0.25) is 5.91 Å². The zero-order valence-electron chi connectivity index (χ0n) is 35.5. The third kappa shape index (κ3) is 9.69. The molecule has 2 N–H and O–H groups in total. The first-order valence-electron chi connectivity index (χ1n) is 21.1. The van der Waals surface area contributed by atoms with E-state index in [0.29, 0.717) is 32.0 Å². The Morgan fingerprint density at radius 3 is 1.88 bits per heavy atom. The Morgan fingerprint density at radius 1 is 0.719 bits per heavy atom. The third-order valence-corrected chi connectivity index (χ3v) is 15.2. The van der Waals surface area contributed by atoms with Gasteiger partial charge in [-0.2, -0.15) is 0 Å². The van der Waals surface area contributed by atoms with Crippen molar-refractivity contribution in [1.29, 1.82) is 0 Å². The van der Waals surface area contributed by atoms with Crippen LogP contribution in [-0.2, 0) is 58.0 Å². The lowest BCUT2D eigenvalue weighted by atomic mass is 9.33. The number of carbonyl (C=O) groups is 4. The molecule has 4 saturated carbocycles. The average Bonchev–Trinajstić information content (AvgIpc) is 3.15. The van der Waals surface area contributed by atoms with Crippen molar-refractivity contribution in [2.24, 2.45) is 50.2 Å². The minimum absolute atomic E-state index is 0.0369. The smallest absolute Gasteiger partial charge is 0.305 e. The third-order valence-electron chi connectivity index (χ3n) is 15.2. The van der Waals surface area contributed by atoms with Gasteiger partial charge in [0.1, 0.15) is 45.4 Å². The fourth-order valence-electron chi connectivity index (χ4n) is 11.7. The maximum atomic E-state index is 14.6. The lowest BCUT2D eigenvalue weighted by Crippen LogP contribution is -2.66. The average molecular weight is 808 g/mol. The molecule has 0 spiro atoms. The molecule has 5 aliphatic rings. The molecule has 0 aliphatic heterocycles. The van der Waals surface area contributed by atoms with Gasteiger partial charge in [-0.05, 0) is 90.9 Å². The van der Waals surface area contributed by atoms with Gasteiger partial charge in [0.05, 0.1) is 32.8 Å². The van der Waals surface area contributed by atoms with Gasteiger partial charge < -0.3 is 19.9 Å². The molecular weight excluding hydrogens is 738 g/mol. The van der Waals surface area contributed by atoms with E-state index in [1.807, 2.05) is 6.08 Å². The van der Waals surface area contributed by atoms with Crippen LogP contribution < -0.4 is 5.32 Å². The molecule has 0 heterocycles. The second kappa shape index (κ2) is 19.0. The van der Waals surface area contributed by atoms with Gasteiger partial charge in [-0.1, -0.05) is 54.0 Å². The minimum Gasteiger partial charge on any atom is -0.481 e. The normalized spacial score (nSPS) is 35.7. The van der Waals surface area contributed by atoms with Crippen molar-refractivity contribution in [2.75, 3.05) is 72.6 Å². The van der Waals surface area contributed by atoms with Crippen molar-refractivity contribution in [2.45, 2.75) is 113 Å². The number of hydrogen-bond donors (Lipinski definition) is 2. The van der Waals surface area contributed by atoms with E-state index in [1.165, 1.54) is 5.57 Å². The summed E-state index contributed by atoms with van der Waals surface area (Å²) in [6.07, 6.45) is 9.87. The van der Waals surface area contributed by atoms with Crippen LogP contribution in [-0.4, -0.2) is 101 Å². The Morgan fingerprint density at radius 2 is 1.28 bits per heavy atom. The van der Waals surface area contributed by atoms with E-state index in [1.54, 1.807) is 0 Å². The summed E-state index contributed by atoms with van der Waals surface area (Å²) in [6, 6.07) is 0. The number of ether oxygens (including phenoxy) is 2. The number of carboxylic acid groups (broad SMARTS) is 1. The maximum Gasteiger partial charge on any atom is 0.305 e. The van der Waals surface area contributed by atoms with Crippen LogP contribution in [0.3, 0.4) is 0 Å². The van der Waals surface area contributed by atoms with Gasteiger partial charge in [0.25, 0.3) is 0 Å². The van der Waals surface area contributed by atoms with Crippen molar-refractivity contribution < 1.29 is 63.1 Å². The first-order valence-corrected chi connectivity index (χ1v) is 21.1. The van der Waals surface area contributed by atoms with Crippen LogP contribution in [0.5, 0.6) is 0 Å². The van der Waals surface area contributed by atoms with E-state index >= 15 is 0 Å². The summed E-state index contributed by atoms with van der Waals surface area (Å²) in [6.45, 7) is 18.1. The second-order valence-electron chi connectivity index (χ2n) is 19.0. The van der Waals surface area contributed by atoms with Gasteiger partial charge in [0.15, 0.2) is 5.78 Å². The summed E-state index contributed by atoms with van der Waals surface area (Å²) in [5, 5.41) is 11.7. The van der Waals surface area contributed by atoms with Crippen molar-refractivity contribution in [1.82, 2.24) is 5.32 Å². The minimum atomic E-state index is -0.918. The summed E-state index contributed by atoms with van der Waals surface area (Å²) in [4.78, 5) is 81.7. The van der Waals surface area contributed by atoms with Crippen molar-refractivity contribution >= 4 is 23.4 Å². The fourth-order valence-corrected chi connectivity index (χ4v) is 11.7. The molecule has 0 bridgehead atoms. The second-order valence-corrected chi connectivity index (χ2v) is 19.0. The largest absolute Gasteiger partial charge is 0.481 e. The SMILES string of the molecule is CC1(C)C(=O)CC[C@]2(C)[C@H]3C(=O)C=C4[C@H]5C[C@@](C)(C(=O)NCCOCCOOCCOOCCOOCCOCCC(=O)O)CC[C@]5(C)CC[C@@]4(C)[C@]3(C)CC[C@@H]12. The van der Waals surface area contributed by atoms with Gasteiger partial charge in [-0.15, -0.1) is 0 Å². The molecule has 4 fully saturated rings. The summed E-state index contributed by atoms with van der Waals surface area (Å²) < 4.78 is 10.7. The number of amides is 1. The summed E-state index contributed by atoms with van der Waals surface area (Å²) in [7, 11) is 0. The summed E-state index contributed by atoms with van der Waals surface area (Å²) in [5.74, 6) is -0.0266. The molecule has 57 heavy (non-hydrogen) atoms. The predicted octanol–water partition coefficient (Wildman–Crippen LogP) is 6.00. The molecule has 14 heteroatoms. The number of rotatable bonds is 22. The van der Waals surface area contributed by atoms with Crippen LogP contribution in [0.1, 0.15) is 113 Å². The van der Waals surface area contributed by atoms with Crippen molar-refractivity contribution in [3.63, 3.8) is 0 Å². The zero-order valence-corrected chi connectivity index (χ0v) is 35.5. The first-order chi connectivity index (χ1) is 26.9. The quantitative estimate of drug-likeness (QED) is 0.0741. The Hall–Kier alpha value is -2.30. The molecular formula is C43H69NO13. The van der Waals surface area contributed by atoms with E-state index < -0.39 is 16.8 Å². The monoisotopic (exact) mass is 807 g/mol. The number of nitrogens with one attached hydrogen (secondary N) is 1. The highest BCUT2D eigenvalue weighted by molar-refractivity contribution is 5.96. The maximum absolute atomic E-state index is 14.6. The first kappa shape index (κ1) is 45.8. The number of ketones is 2. The number of Topliss-reactive ketones (excluding diaryl/α,β-unsaturated/α-hetero) is 1. The molecule has 8 atom stereocenters. The zero-order chi connectivity index (χ0) is 41.5. The Bertz CT molecular complexity index is 1470. The van der Waals surface area contributed by atoms with Crippen LogP contribution in [0, 0.1) is 50.2 Å². The van der Waals surface area contributed by atoms with Crippen LogP contribution in [0.15, 0.2) is 11.6 Å². The lowest BCUT2D eigenvalue weighted by Gasteiger charge is -2.70. The highest BCUT2D eigenvalue weighted by Gasteiger charge is 2.70. The number of carboxylic acids is 1. The van der Waals surface area contributed by atoms with E-state index in [9.17, 15) is 19.2 Å². The topological polar surface area (TPSA) is 174 Å². The standard InChI is InChI=1S/C43H69NO13/c1-38(2)33-8-12-43(7)36(41(33,5)11-9-34(38)46)32(45)28-30-31-29-40(4,14-13-39(31,3)15-16-42(30,43)6)37(49)44-17-19-51-21-23-53-55-25-27-57-56-26-24-54-52-22-20-50-18-10-35(47)48/h28,31,33,36H,8-27,29H2,1-7H3,(H,44,49)(H,47,48)/t31-,33+,36-,39-,40+,41+,42-,43-/m1/s1. The van der Waals surface area contributed by atoms with Crippen LogP contribution in [0.25, 0.3) is 0 Å². The molecule has 0 unspecified atom stereocenters. The summed E-state index contributed by atoms with van der Waals surface area (Å²) >= 11 is 0. The number of hydrogen-bond acceptors (Lipinski definition) is 12. The Kier molecular flexibility index (Phi) is 15.2. The van der Waals surface area contributed by atoms with E-state index in [2.05, 4.69) is 53.8 Å². The highest BCUT2D eigenvalue weighted by Crippen LogP contribution is 2.74. The van der Waals surface area contributed by atoms with Gasteiger partial charge in [-0.25, -0.2) is 29.3 Å².